The lowest BCUT2D eigenvalue weighted by molar-refractivity contribution is 1.47. The average molecular weight is 306 g/mol. The minimum Gasteiger partial charge on any atom is -0.0620 e. The number of hydrogen-bond acceptors (Lipinski definition) is 0. The number of aryl methyl sites for hydroxylation is 2. The molecule has 0 heteroatoms. The highest BCUT2D eigenvalue weighted by molar-refractivity contribution is 6.26. The minimum absolute atomic E-state index is 1.32. The first-order valence-corrected chi connectivity index (χ1v) is 8.47. The molecule has 0 aliphatic carbocycles. The molecule has 114 valence electrons. The minimum atomic E-state index is 1.32. The fourth-order valence-electron chi connectivity index (χ4n) is 4.06. The predicted octanol–water partition coefficient (Wildman–Crippen LogP) is 6.87. The summed E-state index contributed by atoms with van der Waals surface area (Å²) in [5, 5.41) is 8.18. The lowest BCUT2D eigenvalue weighted by Gasteiger charge is -2.16. The molecule has 0 aliphatic heterocycles. The molecular formula is C24H18. The first kappa shape index (κ1) is 13.6. The topological polar surface area (TPSA) is 0 Å². The zero-order chi connectivity index (χ0) is 16.3. The van der Waals surface area contributed by atoms with Crippen LogP contribution < -0.4 is 0 Å². The fourth-order valence-corrected chi connectivity index (χ4v) is 4.06. The molecule has 0 bridgehead atoms. The summed E-state index contributed by atoms with van der Waals surface area (Å²) in [5.41, 5.74) is 5.32. The highest BCUT2D eigenvalue weighted by Crippen LogP contribution is 2.40. The normalized spacial score (nSPS) is 11.8. The van der Waals surface area contributed by atoms with Crippen LogP contribution in [0.15, 0.2) is 72.8 Å². The summed E-state index contributed by atoms with van der Waals surface area (Å²) >= 11 is 0. The predicted molar refractivity (Wildman–Crippen MR) is 105 cm³/mol. The van der Waals surface area contributed by atoms with Gasteiger partial charge >= 0.3 is 0 Å². The Kier molecular flexibility index (Phi) is 2.72. The van der Waals surface area contributed by atoms with Gasteiger partial charge in [0.05, 0.1) is 0 Å². The van der Waals surface area contributed by atoms with Gasteiger partial charge in [0.15, 0.2) is 0 Å². The van der Waals surface area contributed by atoms with Gasteiger partial charge in [-0.05, 0) is 68.4 Å². The Morgan fingerprint density at radius 1 is 0.458 bits per heavy atom. The number of benzene rings is 5. The second-order valence-corrected chi connectivity index (χ2v) is 6.73. The second kappa shape index (κ2) is 4.82. The molecule has 0 N–H and O–H groups in total. The van der Waals surface area contributed by atoms with Crippen molar-refractivity contribution in [1.82, 2.24) is 0 Å². The maximum absolute atomic E-state index is 2.29. The molecule has 0 spiro atoms. The number of rotatable bonds is 1. The van der Waals surface area contributed by atoms with E-state index in [2.05, 4.69) is 86.6 Å². The Hall–Kier alpha value is -2.86. The van der Waals surface area contributed by atoms with Crippen LogP contribution in [0.2, 0.25) is 0 Å². The fraction of sp³-hybridized carbons (Fsp3) is 0.0833. The van der Waals surface area contributed by atoms with E-state index in [1.165, 1.54) is 54.6 Å². The van der Waals surface area contributed by atoms with Gasteiger partial charge in [-0.3, -0.25) is 0 Å². The van der Waals surface area contributed by atoms with Crippen LogP contribution in [-0.2, 0) is 0 Å². The average Bonchev–Trinajstić information content (AvgIpc) is 2.62. The Bertz CT molecular complexity index is 1210. The van der Waals surface area contributed by atoms with Gasteiger partial charge in [0.2, 0.25) is 0 Å². The van der Waals surface area contributed by atoms with Crippen LogP contribution in [0.5, 0.6) is 0 Å². The van der Waals surface area contributed by atoms with E-state index in [9.17, 15) is 0 Å². The Morgan fingerprint density at radius 2 is 1.08 bits per heavy atom. The quantitative estimate of drug-likeness (QED) is 0.296. The van der Waals surface area contributed by atoms with Gasteiger partial charge in [0, 0.05) is 0 Å². The monoisotopic (exact) mass is 306 g/mol. The summed E-state index contributed by atoms with van der Waals surface area (Å²) in [4.78, 5) is 0. The van der Waals surface area contributed by atoms with Crippen LogP contribution >= 0.6 is 0 Å². The van der Waals surface area contributed by atoms with Crippen molar-refractivity contribution in [2.75, 3.05) is 0 Å². The van der Waals surface area contributed by atoms with Crippen LogP contribution in [-0.4, -0.2) is 0 Å². The van der Waals surface area contributed by atoms with Crippen LogP contribution in [0.1, 0.15) is 11.1 Å². The molecule has 0 heterocycles. The van der Waals surface area contributed by atoms with Gasteiger partial charge in [-0.2, -0.15) is 0 Å². The molecule has 0 saturated heterocycles. The van der Waals surface area contributed by atoms with Crippen molar-refractivity contribution >= 4 is 32.3 Å². The summed E-state index contributed by atoms with van der Waals surface area (Å²) in [6, 6.07) is 26.8. The summed E-state index contributed by atoms with van der Waals surface area (Å²) in [6.45, 7) is 4.39. The Morgan fingerprint density at radius 3 is 1.88 bits per heavy atom. The molecule has 0 saturated carbocycles. The molecule has 0 atom stereocenters. The summed E-state index contributed by atoms with van der Waals surface area (Å²) in [5.74, 6) is 0. The van der Waals surface area contributed by atoms with Crippen molar-refractivity contribution in [3.8, 4) is 11.1 Å². The molecule has 0 aliphatic rings. The van der Waals surface area contributed by atoms with E-state index in [-0.39, 0.29) is 0 Å². The summed E-state index contributed by atoms with van der Waals surface area (Å²) in [7, 11) is 0. The molecule has 0 aromatic heterocycles. The molecule has 0 unspecified atom stereocenters. The van der Waals surface area contributed by atoms with E-state index in [0.29, 0.717) is 0 Å². The first-order chi connectivity index (χ1) is 11.7. The van der Waals surface area contributed by atoms with Crippen LogP contribution in [0.3, 0.4) is 0 Å². The standard InChI is InChI=1S/C24H18/c1-15-5-3-4-6-19(15)21-13-10-18-9-12-20-16(2)7-8-17-11-14-22(21)24(18)23(17)20/h3-14H,1-2H3. The maximum atomic E-state index is 2.29. The molecule has 5 aromatic rings. The van der Waals surface area contributed by atoms with Crippen molar-refractivity contribution in [2.24, 2.45) is 0 Å². The van der Waals surface area contributed by atoms with Gasteiger partial charge in [0.25, 0.3) is 0 Å². The van der Waals surface area contributed by atoms with Crippen molar-refractivity contribution in [3.63, 3.8) is 0 Å². The van der Waals surface area contributed by atoms with E-state index in [4.69, 9.17) is 0 Å². The molecule has 0 radical (unpaired) electrons. The number of hydrogen-bond donors (Lipinski definition) is 0. The molecule has 0 nitrogen and oxygen atoms in total. The third-order valence-corrected chi connectivity index (χ3v) is 5.32. The van der Waals surface area contributed by atoms with Gasteiger partial charge in [0.1, 0.15) is 0 Å². The van der Waals surface area contributed by atoms with E-state index in [1.807, 2.05) is 0 Å². The largest absolute Gasteiger partial charge is 0.0620 e. The van der Waals surface area contributed by atoms with Crippen molar-refractivity contribution in [1.29, 1.82) is 0 Å². The van der Waals surface area contributed by atoms with Crippen LogP contribution in [0, 0.1) is 13.8 Å². The van der Waals surface area contributed by atoms with E-state index >= 15 is 0 Å². The van der Waals surface area contributed by atoms with Crippen molar-refractivity contribution in [2.45, 2.75) is 13.8 Å². The van der Waals surface area contributed by atoms with Crippen LogP contribution in [0.4, 0.5) is 0 Å². The maximum Gasteiger partial charge on any atom is -0.00205 e. The third kappa shape index (κ3) is 1.74. The molecule has 24 heavy (non-hydrogen) atoms. The third-order valence-electron chi connectivity index (χ3n) is 5.32. The first-order valence-electron chi connectivity index (χ1n) is 8.47. The van der Waals surface area contributed by atoms with Gasteiger partial charge in [-0.25, -0.2) is 0 Å². The van der Waals surface area contributed by atoms with Crippen molar-refractivity contribution < 1.29 is 0 Å². The zero-order valence-corrected chi connectivity index (χ0v) is 13.9. The lowest BCUT2D eigenvalue weighted by atomic mass is 9.88. The summed E-state index contributed by atoms with van der Waals surface area (Å²) in [6.07, 6.45) is 0. The Labute approximate surface area is 141 Å². The Balaban J connectivity index is 2.02. The van der Waals surface area contributed by atoms with E-state index in [0.717, 1.165) is 0 Å². The highest BCUT2D eigenvalue weighted by Gasteiger charge is 2.13. The SMILES string of the molecule is Cc1ccccc1-c1ccc2ccc3c(C)ccc4ccc1c2c43. The summed E-state index contributed by atoms with van der Waals surface area (Å²) < 4.78 is 0. The molecule has 5 aromatic carbocycles. The molecule has 0 amide bonds. The molecular weight excluding hydrogens is 288 g/mol. The lowest BCUT2D eigenvalue weighted by Crippen LogP contribution is -1.89. The second-order valence-electron chi connectivity index (χ2n) is 6.73. The van der Waals surface area contributed by atoms with Crippen LogP contribution in [0.25, 0.3) is 43.4 Å². The van der Waals surface area contributed by atoms with Gasteiger partial charge < -0.3 is 0 Å². The smallest absolute Gasteiger partial charge is 0.00205 e. The molecule has 5 rings (SSSR count). The zero-order valence-electron chi connectivity index (χ0n) is 13.9. The van der Waals surface area contributed by atoms with Crippen molar-refractivity contribution in [3.05, 3.63) is 83.9 Å². The van der Waals surface area contributed by atoms with Gasteiger partial charge in [-0.1, -0.05) is 72.8 Å². The van der Waals surface area contributed by atoms with E-state index < -0.39 is 0 Å². The van der Waals surface area contributed by atoms with Gasteiger partial charge in [-0.15, -0.1) is 0 Å². The molecule has 0 fully saturated rings. The highest BCUT2D eigenvalue weighted by atomic mass is 14.2. The van der Waals surface area contributed by atoms with E-state index in [1.54, 1.807) is 0 Å².